The first kappa shape index (κ1) is 21.0. The molecule has 1 amide bonds. The van der Waals surface area contributed by atoms with Gasteiger partial charge < -0.3 is 15.1 Å². The Bertz CT molecular complexity index is 1030. The van der Waals surface area contributed by atoms with Crippen LogP contribution >= 0.6 is 0 Å². The van der Waals surface area contributed by atoms with Crippen molar-refractivity contribution in [3.8, 4) is 11.6 Å². The largest absolute Gasteiger partial charge is 0.418 e. The van der Waals surface area contributed by atoms with E-state index in [0.717, 1.165) is 12.3 Å². The third-order valence-corrected chi connectivity index (χ3v) is 4.17. The van der Waals surface area contributed by atoms with E-state index in [1.54, 1.807) is 13.2 Å². The van der Waals surface area contributed by atoms with Crippen molar-refractivity contribution >= 4 is 17.4 Å². The lowest BCUT2D eigenvalue weighted by molar-refractivity contribution is -0.137. The molecule has 1 aliphatic heterocycles. The molecule has 1 unspecified atom stereocenters. The average Bonchev–Trinajstić information content (AvgIpc) is 3.43. The molecule has 1 atom stereocenters. The second kappa shape index (κ2) is 8.35. The minimum Gasteiger partial charge on any atom is -0.418 e. The van der Waals surface area contributed by atoms with E-state index in [2.05, 4.69) is 44.1 Å². The summed E-state index contributed by atoms with van der Waals surface area (Å²) in [5.41, 5.74) is -0.136. The molecule has 1 saturated heterocycles. The summed E-state index contributed by atoms with van der Waals surface area (Å²) in [4.78, 5) is 15.5. The maximum atomic E-state index is 12.7. The lowest BCUT2D eigenvalue weighted by Gasteiger charge is -2.08. The van der Waals surface area contributed by atoms with Crippen molar-refractivity contribution in [2.24, 2.45) is 7.05 Å². The van der Waals surface area contributed by atoms with Gasteiger partial charge in [-0.25, -0.2) is 4.98 Å². The van der Waals surface area contributed by atoms with Gasteiger partial charge in [0.25, 0.3) is 5.89 Å². The fourth-order valence-corrected chi connectivity index (χ4v) is 2.81. The molecular formula is C18H18F3N7O2. The Morgan fingerprint density at radius 2 is 2.07 bits per heavy atom. The van der Waals surface area contributed by atoms with E-state index in [-0.39, 0.29) is 23.5 Å². The first-order chi connectivity index (χ1) is 14.3. The number of anilines is 2. The van der Waals surface area contributed by atoms with Gasteiger partial charge in [-0.3, -0.25) is 9.48 Å². The maximum absolute atomic E-state index is 12.7. The Morgan fingerprint density at radius 1 is 1.30 bits per heavy atom. The molecule has 4 rings (SSSR count). The normalized spacial score (nSPS) is 16.0. The predicted octanol–water partition coefficient (Wildman–Crippen LogP) is 3.03. The van der Waals surface area contributed by atoms with Gasteiger partial charge in [0.15, 0.2) is 5.69 Å². The van der Waals surface area contributed by atoms with E-state index in [0.29, 0.717) is 24.3 Å². The van der Waals surface area contributed by atoms with Gasteiger partial charge in [0, 0.05) is 26.0 Å². The molecule has 30 heavy (non-hydrogen) atoms. The Labute approximate surface area is 169 Å². The summed E-state index contributed by atoms with van der Waals surface area (Å²) in [6.07, 6.45) is -1.57. The number of pyridine rings is 1. The standard InChI is InChI=1S/C16H14F3N7O2.C2H4/c1-26-7-10(22-11-3-2-8(6-21-11)16(17,18)19)12(25-26)15-24-23-14(28-15)9-4-5-20-13(9)27;1-2/h2-3,6-7,9H,4-5H2,1H3,(H,20,27)(H,21,22);1-2H2. The summed E-state index contributed by atoms with van der Waals surface area (Å²) in [6, 6.07) is 2.14. The molecule has 1 fully saturated rings. The monoisotopic (exact) mass is 421 g/mol. The van der Waals surface area contributed by atoms with Crippen molar-refractivity contribution in [1.82, 2.24) is 30.3 Å². The van der Waals surface area contributed by atoms with E-state index in [9.17, 15) is 18.0 Å². The molecule has 0 spiro atoms. The quantitative estimate of drug-likeness (QED) is 0.623. The van der Waals surface area contributed by atoms with Crippen LogP contribution in [0, 0.1) is 0 Å². The van der Waals surface area contributed by atoms with E-state index in [1.807, 2.05) is 0 Å². The molecule has 12 heteroatoms. The van der Waals surface area contributed by atoms with Crippen LogP contribution in [0.3, 0.4) is 0 Å². The van der Waals surface area contributed by atoms with Crippen LogP contribution in [0.25, 0.3) is 11.6 Å². The highest BCUT2D eigenvalue weighted by atomic mass is 19.4. The molecule has 0 aromatic carbocycles. The molecular weight excluding hydrogens is 403 g/mol. The Morgan fingerprint density at radius 3 is 2.67 bits per heavy atom. The van der Waals surface area contributed by atoms with Gasteiger partial charge in [0.05, 0.1) is 11.3 Å². The fourth-order valence-electron chi connectivity index (χ4n) is 2.81. The number of nitrogens with zero attached hydrogens (tertiary/aromatic N) is 5. The lowest BCUT2D eigenvalue weighted by Crippen LogP contribution is -2.18. The number of carbonyl (C=O) groups excluding carboxylic acids is 1. The Kier molecular flexibility index (Phi) is 5.85. The van der Waals surface area contributed by atoms with Crippen molar-refractivity contribution in [3.63, 3.8) is 0 Å². The second-order valence-corrected chi connectivity index (χ2v) is 6.20. The van der Waals surface area contributed by atoms with E-state index in [4.69, 9.17) is 4.42 Å². The lowest BCUT2D eigenvalue weighted by atomic mass is 10.1. The van der Waals surface area contributed by atoms with Gasteiger partial charge in [0.2, 0.25) is 11.8 Å². The minimum absolute atomic E-state index is 0.0877. The summed E-state index contributed by atoms with van der Waals surface area (Å²) >= 11 is 0. The SMILES string of the molecule is C=C.Cn1cc(Nc2ccc(C(F)(F)F)cn2)c(-c2nnc(C3CCNC3=O)o2)n1. The molecule has 3 aromatic rings. The number of alkyl halides is 3. The summed E-state index contributed by atoms with van der Waals surface area (Å²) in [6.45, 7) is 6.54. The molecule has 1 aliphatic rings. The molecule has 3 aromatic heterocycles. The first-order valence-electron chi connectivity index (χ1n) is 8.76. The summed E-state index contributed by atoms with van der Waals surface area (Å²) in [7, 11) is 1.66. The van der Waals surface area contributed by atoms with Crippen molar-refractivity contribution in [2.45, 2.75) is 18.5 Å². The van der Waals surface area contributed by atoms with E-state index in [1.165, 1.54) is 10.7 Å². The van der Waals surface area contributed by atoms with Crippen molar-refractivity contribution < 1.29 is 22.4 Å². The third-order valence-electron chi connectivity index (χ3n) is 4.17. The highest BCUT2D eigenvalue weighted by Crippen LogP contribution is 2.32. The summed E-state index contributed by atoms with van der Waals surface area (Å²) in [5.74, 6) is -0.211. The van der Waals surface area contributed by atoms with Crippen LogP contribution in [0.4, 0.5) is 24.7 Å². The number of carbonyl (C=O) groups is 1. The molecule has 0 bridgehead atoms. The molecule has 4 heterocycles. The number of aryl methyl sites for hydroxylation is 1. The average molecular weight is 421 g/mol. The van der Waals surface area contributed by atoms with Crippen LogP contribution in [0.15, 0.2) is 42.1 Å². The highest BCUT2D eigenvalue weighted by molar-refractivity contribution is 5.84. The second-order valence-electron chi connectivity index (χ2n) is 6.20. The zero-order chi connectivity index (χ0) is 21.9. The summed E-state index contributed by atoms with van der Waals surface area (Å²) in [5, 5.41) is 17.7. The van der Waals surface area contributed by atoms with Crippen LogP contribution in [-0.4, -0.2) is 37.4 Å². The number of rotatable bonds is 4. The summed E-state index contributed by atoms with van der Waals surface area (Å²) < 4.78 is 45.1. The number of hydrogen-bond donors (Lipinski definition) is 2. The molecule has 0 aliphatic carbocycles. The van der Waals surface area contributed by atoms with Gasteiger partial charge in [0.1, 0.15) is 11.7 Å². The van der Waals surface area contributed by atoms with Gasteiger partial charge >= 0.3 is 6.18 Å². The van der Waals surface area contributed by atoms with Crippen LogP contribution in [-0.2, 0) is 18.0 Å². The van der Waals surface area contributed by atoms with Crippen LogP contribution < -0.4 is 10.6 Å². The zero-order valence-electron chi connectivity index (χ0n) is 15.9. The van der Waals surface area contributed by atoms with Gasteiger partial charge in [-0.2, -0.15) is 18.3 Å². The molecule has 2 N–H and O–H groups in total. The maximum Gasteiger partial charge on any atom is 0.417 e. The zero-order valence-corrected chi connectivity index (χ0v) is 15.9. The Balaban J connectivity index is 0.00000124. The van der Waals surface area contributed by atoms with Crippen LogP contribution in [0.1, 0.15) is 23.8 Å². The van der Waals surface area contributed by atoms with Gasteiger partial charge in [-0.1, -0.05) is 0 Å². The first-order valence-corrected chi connectivity index (χ1v) is 8.76. The number of amides is 1. The predicted molar refractivity (Wildman–Crippen MR) is 101 cm³/mol. The number of nitrogens with one attached hydrogen (secondary N) is 2. The van der Waals surface area contributed by atoms with Gasteiger partial charge in [-0.05, 0) is 18.6 Å². The van der Waals surface area contributed by atoms with Crippen molar-refractivity contribution in [1.29, 1.82) is 0 Å². The Hall–Kier alpha value is -3.70. The molecule has 0 saturated carbocycles. The molecule has 0 radical (unpaired) electrons. The van der Waals surface area contributed by atoms with Crippen LogP contribution in [0.5, 0.6) is 0 Å². The van der Waals surface area contributed by atoms with Crippen LogP contribution in [0.2, 0.25) is 0 Å². The topological polar surface area (TPSA) is 111 Å². The number of halogens is 3. The van der Waals surface area contributed by atoms with Crippen molar-refractivity contribution in [3.05, 3.63) is 49.1 Å². The fraction of sp³-hybridized carbons (Fsp3) is 0.278. The highest BCUT2D eigenvalue weighted by Gasteiger charge is 2.32. The number of hydrogen-bond acceptors (Lipinski definition) is 7. The smallest absolute Gasteiger partial charge is 0.417 e. The molecule has 158 valence electrons. The van der Waals surface area contributed by atoms with E-state index >= 15 is 0 Å². The molecule has 9 nitrogen and oxygen atoms in total. The van der Waals surface area contributed by atoms with Crippen molar-refractivity contribution in [2.75, 3.05) is 11.9 Å². The van der Waals surface area contributed by atoms with Gasteiger partial charge in [-0.15, -0.1) is 23.4 Å². The third kappa shape index (κ3) is 4.31. The number of aromatic nitrogens is 5. The van der Waals surface area contributed by atoms with E-state index < -0.39 is 17.7 Å². The minimum atomic E-state index is -4.46.